The largest absolute Gasteiger partial charge is 0.430 e. The predicted molar refractivity (Wildman–Crippen MR) is 104 cm³/mol. The Kier molecular flexibility index (Phi) is 5.19. The van der Waals surface area contributed by atoms with Crippen molar-refractivity contribution in [3.63, 3.8) is 0 Å². The van der Waals surface area contributed by atoms with Crippen LogP contribution in [-0.4, -0.2) is 35.6 Å². The lowest BCUT2D eigenvalue weighted by Crippen LogP contribution is -2.45. The first-order valence-electron chi connectivity index (χ1n) is 9.02. The van der Waals surface area contributed by atoms with Crippen LogP contribution in [0.4, 0.5) is 14.9 Å². The first-order chi connectivity index (χ1) is 13.5. The number of halogens is 2. The second-order valence-corrected chi connectivity index (χ2v) is 7.34. The highest BCUT2D eigenvalue weighted by Gasteiger charge is 2.43. The van der Waals surface area contributed by atoms with E-state index >= 15 is 0 Å². The Hall–Kier alpha value is -2.64. The van der Waals surface area contributed by atoms with Crippen LogP contribution in [0.25, 0.3) is 0 Å². The van der Waals surface area contributed by atoms with Crippen molar-refractivity contribution >= 4 is 29.1 Å². The van der Waals surface area contributed by atoms with Crippen LogP contribution in [0.2, 0.25) is 5.02 Å². The molecule has 0 aromatic heterocycles. The molecule has 2 aliphatic rings. The predicted octanol–water partition coefficient (Wildman–Crippen LogP) is 4.60. The Balaban J connectivity index is 1.29. The lowest BCUT2D eigenvalue weighted by molar-refractivity contribution is -0.154. The zero-order valence-electron chi connectivity index (χ0n) is 15.0. The van der Waals surface area contributed by atoms with Gasteiger partial charge in [0.05, 0.1) is 11.4 Å². The Morgan fingerprint density at radius 1 is 1.18 bits per heavy atom. The zero-order valence-corrected chi connectivity index (χ0v) is 15.8. The van der Waals surface area contributed by atoms with Gasteiger partial charge in [-0.1, -0.05) is 41.0 Å². The molecule has 146 valence electrons. The third kappa shape index (κ3) is 4.10. The van der Waals surface area contributed by atoms with Gasteiger partial charge in [0.25, 0.3) is 0 Å². The number of piperidine rings is 1. The van der Waals surface area contributed by atoms with E-state index in [0.29, 0.717) is 37.4 Å². The molecule has 6 nitrogen and oxygen atoms in total. The van der Waals surface area contributed by atoms with E-state index in [1.54, 1.807) is 17.2 Å². The summed E-state index contributed by atoms with van der Waals surface area (Å²) < 4.78 is 13.6. The molecular weight excluding hydrogens is 385 g/mol. The van der Waals surface area contributed by atoms with Gasteiger partial charge in [-0.15, -0.1) is 5.06 Å². The van der Waals surface area contributed by atoms with E-state index in [9.17, 15) is 9.18 Å². The van der Waals surface area contributed by atoms with Crippen LogP contribution in [0.3, 0.4) is 0 Å². The van der Waals surface area contributed by atoms with E-state index in [2.05, 4.69) is 10.5 Å². The molecule has 0 unspecified atom stereocenters. The normalized spacial score (nSPS) is 18.4. The number of oxime groups is 1. The quantitative estimate of drug-likeness (QED) is 0.813. The summed E-state index contributed by atoms with van der Waals surface area (Å²) in [4.78, 5) is 23.1. The summed E-state index contributed by atoms with van der Waals surface area (Å²) in [6, 6.07) is 13.4. The number of amides is 1. The molecule has 1 amide bonds. The molecule has 1 fully saturated rings. The molecule has 2 heterocycles. The number of hydroxylamine groups is 2. The summed E-state index contributed by atoms with van der Waals surface area (Å²) in [5.41, 5.74) is 1.59. The molecule has 1 spiro atoms. The van der Waals surface area contributed by atoms with Crippen molar-refractivity contribution in [1.29, 1.82) is 0 Å². The van der Waals surface area contributed by atoms with Gasteiger partial charge in [0.1, 0.15) is 11.4 Å². The van der Waals surface area contributed by atoms with Gasteiger partial charge in [0.15, 0.2) is 0 Å². The molecule has 1 N–H and O–H groups in total. The van der Waals surface area contributed by atoms with Gasteiger partial charge in [0.2, 0.25) is 0 Å². The van der Waals surface area contributed by atoms with Crippen molar-refractivity contribution in [2.75, 3.05) is 18.4 Å². The monoisotopic (exact) mass is 403 g/mol. The fourth-order valence-electron chi connectivity index (χ4n) is 3.38. The number of nitrogens with zero attached hydrogens (tertiary/aromatic N) is 2. The molecule has 1 saturated heterocycles. The fourth-order valence-corrected chi connectivity index (χ4v) is 3.51. The summed E-state index contributed by atoms with van der Waals surface area (Å²) in [6.07, 6.45) is 1.32. The molecule has 0 radical (unpaired) electrons. The maximum absolute atomic E-state index is 13.6. The molecular formula is C20H19ClFN3O3. The number of hydrogen-bond acceptors (Lipinski definition) is 5. The number of para-hydroxylation sites is 1. The maximum Gasteiger partial charge on any atom is 0.430 e. The van der Waals surface area contributed by atoms with Gasteiger partial charge in [0, 0.05) is 37.4 Å². The van der Waals surface area contributed by atoms with Gasteiger partial charge in [-0.25, -0.2) is 9.18 Å². The van der Waals surface area contributed by atoms with Crippen molar-refractivity contribution in [3.05, 3.63) is 64.9 Å². The Morgan fingerprint density at radius 3 is 2.61 bits per heavy atom. The highest BCUT2D eigenvalue weighted by atomic mass is 35.5. The molecule has 28 heavy (non-hydrogen) atoms. The molecule has 2 aliphatic heterocycles. The second-order valence-electron chi connectivity index (χ2n) is 6.91. The van der Waals surface area contributed by atoms with Gasteiger partial charge in [-0.3, -0.25) is 5.32 Å². The Bertz CT molecular complexity index is 896. The Labute approximate surface area is 166 Å². The van der Waals surface area contributed by atoms with Crippen LogP contribution in [0.1, 0.15) is 24.8 Å². The van der Waals surface area contributed by atoms with Crippen LogP contribution in [0.5, 0.6) is 0 Å². The molecule has 4 rings (SSSR count). The SMILES string of the molecule is O=C(Nc1ccccc1F)ON1CCC2(CC1)CC(c1ccc(Cl)cc1)=NO2. The van der Waals surface area contributed by atoms with Crippen LogP contribution < -0.4 is 5.32 Å². The molecule has 2 aromatic rings. The molecule has 0 saturated carbocycles. The third-order valence-electron chi connectivity index (χ3n) is 4.97. The lowest BCUT2D eigenvalue weighted by Gasteiger charge is -2.35. The zero-order chi connectivity index (χ0) is 19.6. The number of carbonyl (C=O) groups excluding carboxylic acids is 1. The topological polar surface area (TPSA) is 63.2 Å². The molecule has 2 aromatic carbocycles. The number of rotatable bonds is 3. The van der Waals surface area contributed by atoms with Crippen LogP contribution in [-0.2, 0) is 9.68 Å². The molecule has 8 heteroatoms. The summed E-state index contributed by atoms with van der Waals surface area (Å²) in [7, 11) is 0. The number of carbonyl (C=O) groups is 1. The van der Waals surface area contributed by atoms with E-state index in [1.807, 2.05) is 24.3 Å². The summed E-state index contributed by atoms with van der Waals surface area (Å²) >= 11 is 5.93. The van der Waals surface area contributed by atoms with Crippen LogP contribution in [0, 0.1) is 5.82 Å². The average molecular weight is 404 g/mol. The van der Waals surface area contributed by atoms with Crippen molar-refractivity contribution in [3.8, 4) is 0 Å². The van der Waals surface area contributed by atoms with E-state index in [-0.39, 0.29) is 11.3 Å². The number of benzene rings is 2. The van der Waals surface area contributed by atoms with Gasteiger partial charge in [-0.05, 0) is 29.8 Å². The van der Waals surface area contributed by atoms with Crippen molar-refractivity contribution in [1.82, 2.24) is 5.06 Å². The minimum atomic E-state index is -0.716. The van der Waals surface area contributed by atoms with Crippen molar-refractivity contribution in [2.24, 2.45) is 5.16 Å². The number of nitrogens with one attached hydrogen (secondary N) is 1. The minimum absolute atomic E-state index is 0.0844. The first kappa shape index (κ1) is 18.7. The highest BCUT2D eigenvalue weighted by Crippen LogP contribution is 2.36. The van der Waals surface area contributed by atoms with Crippen molar-refractivity contribution < 1.29 is 18.9 Å². The van der Waals surface area contributed by atoms with E-state index < -0.39 is 11.9 Å². The van der Waals surface area contributed by atoms with Gasteiger partial charge in [-0.2, -0.15) is 0 Å². The molecule has 0 bridgehead atoms. The highest BCUT2D eigenvalue weighted by molar-refractivity contribution is 6.30. The summed E-state index contributed by atoms with van der Waals surface area (Å²) in [5.74, 6) is -0.511. The van der Waals surface area contributed by atoms with E-state index in [0.717, 1.165) is 11.3 Å². The van der Waals surface area contributed by atoms with Crippen molar-refractivity contribution in [2.45, 2.75) is 24.9 Å². The fraction of sp³-hybridized carbons (Fsp3) is 0.300. The smallest absolute Gasteiger partial charge is 0.388 e. The number of anilines is 1. The minimum Gasteiger partial charge on any atom is -0.388 e. The van der Waals surface area contributed by atoms with E-state index in [1.165, 1.54) is 12.1 Å². The molecule has 0 aliphatic carbocycles. The van der Waals surface area contributed by atoms with Gasteiger partial charge < -0.3 is 9.68 Å². The summed E-state index contributed by atoms with van der Waals surface area (Å²) in [5, 5.41) is 8.90. The first-order valence-corrected chi connectivity index (χ1v) is 9.40. The Morgan fingerprint density at radius 2 is 1.89 bits per heavy atom. The lowest BCUT2D eigenvalue weighted by atomic mass is 9.86. The van der Waals surface area contributed by atoms with Crippen LogP contribution in [0.15, 0.2) is 53.7 Å². The maximum atomic E-state index is 13.6. The number of hydrogen-bond donors (Lipinski definition) is 1. The van der Waals surface area contributed by atoms with Crippen LogP contribution >= 0.6 is 11.6 Å². The summed E-state index contributed by atoms with van der Waals surface area (Å²) in [6.45, 7) is 1.02. The third-order valence-corrected chi connectivity index (χ3v) is 5.22. The van der Waals surface area contributed by atoms with Gasteiger partial charge >= 0.3 is 6.09 Å². The second kappa shape index (κ2) is 7.77. The standard InChI is InChI=1S/C20H19ClFN3O3/c21-15-7-5-14(6-8-15)18-13-20(28-24-18)9-11-25(12-10-20)27-19(26)23-17-4-2-1-3-16(17)22/h1-8H,9-13H2,(H,23,26). The molecule has 0 atom stereocenters. The average Bonchev–Trinajstić information content (AvgIpc) is 3.10. The van der Waals surface area contributed by atoms with E-state index in [4.69, 9.17) is 21.3 Å².